The van der Waals surface area contributed by atoms with Crippen molar-refractivity contribution < 1.29 is 9.21 Å². The van der Waals surface area contributed by atoms with E-state index in [0.29, 0.717) is 36.5 Å². The van der Waals surface area contributed by atoms with Gasteiger partial charge < -0.3 is 20.4 Å². The van der Waals surface area contributed by atoms with Crippen LogP contribution in [0.15, 0.2) is 46.1 Å². The minimum absolute atomic E-state index is 0. The molecule has 2 heterocycles. The molecular weight excluding hydrogens is 469 g/mol. The molecule has 0 aliphatic heterocycles. The molecule has 9 heteroatoms. The Morgan fingerprint density at radius 3 is 2.69 bits per heavy atom. The Bertz CT molecular complexity index is 677. The van der Waals surface area contributed by atoms with Crippen LogP contribution in [0.4, 0.5) is 0 Å². The monoisotopic (exact) mass is 491 g/mol. The molecule has 0 atom stereocenters. The lowest BCUT2D eigenvalue weighted by atomic mass is 10.2. The predicted octanol–water partition coefficient (Wildman–Crippen LogP) is 2.47. The molecule has 0 aliphatic carbocycles. The van der Waals surface area contributed by atoms with Gasteiger partial charge in [0, 0.05) is 32.4 Å². The summed E-state index contributed by atoms with van der Waals surface area (Å²) < 4.78 is 5.03. The highest BCUT2D eigenvalue weighted by Gasteiger charge is 2.06. The van der Waals surface area contributed by atoms with Gasteiger partial charge >= 0.3 is 0 Å². The molecule has 7 nitrogen and oxygen atoms in total. The molecule has 0 aromatic carbocycles. The van der Waals surface area contributed by atoms with E-state index in [1.807, 2.05) is 13.0 Å². The number of pyridine rings is 1. The van der Waals surface area contributed by atoms with Crippen LogP contribution in [-0.4, -0.2) is 43.0 Å². The lowest BCUT2D eigenvalue weighted by Crippen LogP contribution is -2.41. The Balaban J connectivity index is 0.00000338. The number of aliphatic imine (C=N–C) groups is 1. The average Bonchev–Trinajstić information content (AvgIpc) is 3.15. The first kappa shape index (κ1) is 22.2. The van der Waals surface area contributed by atoms with Crippen LogP contribution in [0.1, 0.15) is 23.0 Å². The zero-order valence-electron chi connectivity index (χ0n) is 14.5. The van der Waals surface area contributed by atoms with Crippen molar-refractivity contribution in [3.8, 4) is 0 Å². The number of guanidine groups is 1. The Hall–Kier alpha value is -1.81. The molecule has 2 rings (SSSR count). The summed E-state index contributed by atoms with van der Waals surface area (Å²) in [7, 11) is 0. The number of carbonyl (C=O) groups is 1. The largest absolute Gasteiger partial charge is 0.459 e. The Labute approximate surface area is 175 Å². The highest BCUT2D eigenvalue weighted by atomic mass is 127. The van der Waals surface area contributed by atoms with E-state index in [2.05, 4.69) is 25.9 Å². The molecule has 0 unspecified atom stereocenters. The molecule has 0 bridgehead atoms. The summed E-state index contributed by atoms with van der Waals surface area (Å²) in [5.41, 5.74) is 1.08. The van der Waals surface area contributed by atoms with Crippen molar-refractivity contribution in [1.29, 1.82) is 0 Å². The van der Waals surface area contributed by atoms with E-state index >= 15 is 0 Å². The first-order chi connectivity index (χ1) is 12.2. The summed E-state index contributed by atoms with van der Waals surface area (Å²) in [6.45, 7) is 4.40. The summed E-state index contributed by atoms with van der Waals surface area (Å²) in [6.07, 6.45) is 4.00. The van der Waals surface area contributed by atoms with Gasteiger partial charge in [0.15, 0.2) is 11.7 Å². The van der Waals surface area contributed by atoms with Gasteiger partial charge in [0.1, 0.15) is 5.15 Å². The number of halogens is 2. The standard InChI is InChI=1S/C17H22ClN5O2.HI/c1-2-19-17(21-8-7-13-5-6-15(18)23-12-13)22-10-9-20-16(24)14-4-3-11-25-14;/h3-6,11-12H,2,7-10H2,1H3,(H,20,24)(H2,19,21,22);1H. The number of nitrogens with one attached hydrogen (secondary N) is 3. The minimum Gasteiger partial charge on any atom is -0.459 e. The number of hydrogen-bond donors (Lipinski definition) is 3. The molecule has 0 saturated heterocycles. The third-order valence-corrected chi connectivity index (χ3v) is 3.47. The van der Waals surface area contributed by atoms with Gasteiger partial charge in [-0.15, -0.1) is 24.0 Å². The van der Waals surface area contributed by atoms with Gasteiger partial charge in [-0.3, -0.25) is 9.79 Å². The first-order valence-electron chi connectivity index (χ1n) is 8.13. The quantitative estimate of drug-likeness (QED) is 0.173. The Kier molecular flexibility index (Phi) is 10.7. The zero-order valence-corrected chi connectivity index (χ0v) is 17.6. The number of furan rings is 1. The zero-order chi connectivity index (χ0) is 17.9. The molecule has 142 valence electrons. The summed E-state index contributed by atoms with van der Waals surface area (Å²) in [5, 5.41) is 9.59. The van der Waals surface area contributed by atoms with Crippen molar-refractivity contribution in [2.45, 2.75) is 13.3 Å². The lowest BCUT2D eigenvalue weighted by molar-refractivity contribution is 0.0926. The van der Waals surface area contributed by atoms with E-state index in [0.717, 1.165) is 18.5 Å². The molecule has 0 aliphatic rings. The van der Waals surface area contributed by atoms with Crippen LogP contribution in [-0.2, 0) is 6.42 Å². The van der Waals surface area contributed by atoms with Gasteiger partial charge in [0.25, 0.3) is 5.91 Å². The van der Waals surface area contributed by atoms with Crippen LogP contribution in [0, 0.1) is 0 Å². The molecule has 26 heavy (non-hydrogen) atoms. The second-order valence-corrected chi connectivity index (χ2v) is 5.55. The fourth-order valence-electron chi connectivity index (χ4n) is 2.04. The molecule has 0 spiro atoms. The molecular formula is C17H23ClIN5O2. The van der Waals surface area contributed by atoms with Crippen molar-refractivity contribution in [2.75, 3.05) is 26.2 Å². The van der Waals surface area contributed by atoms with Crippen molar-refractivity contribution in [1.82, 2.24) is 20.9 Å². The van der Waals surface area contributed by atoms with Gasteiger partial charge in [0.05, 0.1) is 6.26 Å². The third-order valence-electron chi connectivity index (χ3n) is 3.25. The fourth-order valence-corrected chi connectivity index (χ4v) is 2.16. The molecule has 0 saturated carbocycles. The number of hydrogen-bond acceptors (Lipinski definition) is 4. The molecule has 0 fully saturated rings. The van der Waals surface area contributed by atoms with Crippen LogP contribution >= 0.6 is 35.6 Å². The van der Waals surface area contributed by atoms with E-state index in [-0.39, 0.29) is 29.9 Å². The second-order valence-electron chi connectivity index (χ2n) is 5.16. The summed E-state index contributed by atoms with van der Waals surface area (Å²) in [5.74, 6) is 0.776. The maximum absolute atomic E-state index is 11.7. The molecule has 3 N–H and O–H groups in total. The summed E-state index contributed by atoms with van der Waals surface area (Å²) >= 11 is 5.77. The predicted molar refractivity (Wildman–Crippen MR) is 113 cm³/mol. The van der Waals surface area contributed by atoms with E-state index in [1.54, 1.807) is 24.4 Å². The average molecular weight is 492 g/mol. The number of carbonyl (C=O) groups excluding carboxylic acids is 1. The molecule has 1 amide bonds. The van der Waals surface area contributed by atoms with Gasteiger partial charge in [-0.05, 0) is 37.1 Å². The van der Waals surface area contributed by atoms with Crippen molar-refractivity contribution in [2.24, 2.45) is 4.99 Å². The van der Waals surface area contributed by atoms with E-state index in [9.17, 15) is 4.79 Å². The van der Waals surface area contributed by atoms with E-state index in [1.165, 1.54) is 6.26 Å². The number of amides is 1. The SMILES string of the molecule is CCNC(=NCCc1ccc(Cl)nc1)NCCNC(=O)c1ccco1.I. The number of rotatable bonds is 8. The van der Waals surface area contributed by atoms with Crippen molar-refractivity contribution in [3.05, 3.63) is 53.2 Å². The highest BCUT2D eigenvalue weighted by molar-refractivity contribution is 14.0. The summed E-state index contributed by atoms with van der Waals surface area (Å²) in [4.78, 5) is 20.3. The third kappa shape index (κ3) is 8.05. The topological polar surface area (TPSA) is 91.5 Å². The van der Waals surface area contributed by atoms with Crippen LogP contribution in [0.3, 0.4) is 0 Å². The van der Waals surface area contributed by atoms with Crippen LogP contribution < -0.4 is 16.0 Å². The first-order valence-corrected chi connectivity index (χ1v) is 8.51. The lowest BCUT2D eigenvalue weighted by Gasteiger charge is -2.11. The van der Waals surface area contributed by atoms with Gasteiger partial charge in [-0.1, -0.05) is 17.7 Å². The maximum atomic E-state index is 11.7. The number of aromatic nitrogens is 1. The Morgan fingerprint density at radius 1 is 1.23 bits per heavy atom. The number of nitrogens with zero attached hydrogens (tertiary/aromatic N) is 2. The van der Waals surface area contributed by atoms with Crippen LogP contribution in [0.2, 0.25) is 5.15 Å². The molecule has 2 aromatic rings. The molecule has 0 radical (unpaired) electrons. The van der Waals surface area contributed by atoms with Crippen LogP contribution in [0.25, 0.3) is 0 Å². The van der Waals surface area contributed by atoms with E-state index < -0.39 is 0 Å². The van der Waals surface area contributed by atoms with Crippen molar-refractivity contribution >= 4 is 47.4 Å². The fraction of sp³-hybridized carbons (Fsp3) is 0.353. The minimum atomic E-state index is -0.232. The Morgan fingerprint density at radius 2 is 2.04 bits per heavy atom. The normalized spacial score (nSPS) is 10.8. The van der Waals surface area contributed by atoms with Crippen LogP contribution in [0.5, 0.6) is 0 Å². The summed E-state index contributed by atoms with van der Waals surface area (Å²) in [6, 6.07) is 7.01. The van der Waals surface area contributed by atoms with Gasteiger partial charge in [-0.25, -0.2) is 4.98 Å². The van der Waals surface area contributed by atoms with Gasteiger partial charge in [0.2, 0.25) is 0 Å². The van der Waals surface area contributed by atoms with E-state index in [4.69, 9.17) is 16.0 Å². The highest BCUT2D eigenvalue weighted by Crippen LogP contribution is 2.05. The molecule has 2 aromatic heterocycles. The maximum Gasteiger partial charge on any atom is 0.287 e. The second kappa shape index (κ2) is 12.5. The van der Waals surface area contributed by atoms with Gasteiger partial charge in [-0.2, -0.15) is 0 Å². The smallest absolute Gasteiger partial charge is 0.287 e. The van der Waals surface area contributed by atoms with Crippen molar-refractivity contribution in [3.63, 3.8) is 0 Å².